The maximum absolute atomic E-state index is 9.05. The number of fused-ring (bicyclic) bond motifs is 1. The number of aliphatic imine (C=N–C) groups is 1. The van der Waals surface area contributed by atoms with E-state index in [1.165, 1.54) is 6.08 Å². The minimum atomic E-state index is 0.745. The average molecular weight is 405 g/mol. The number of hydrogen-bond acceptors (Lipinski definition) is 6. The van der Waals surface area contributed by atoms with Gasteiger partial charge in [-0.3, -0.25) is 0 Å². The van der Waals surface area contributed by atoms with Crippen LogP contribution in [0.1, 0.15) is 18.9 Å². The Labute approximate surface area is 152 Å². The van der Waals surface area contributed by atoms with Crippen molar-refractivity contribution in [3.8, 4) is 6.07 Å². The third-order valence-corrected chi connectivity index (χ3v) is 5.85. The van der Waals surface area contributed by atoms with Gasteiger partial charge in [-0.05, 0) is 42.1 Å². The molecular weight excluding hydrogens is 392 g/mol. The molecule has 0 bridgehead atoms. The van der Waals surface area contributed by atoms with Crippen molar-refractivity contribution in [2.24, 2.45) is 10.1 Å². The fourth-order valence-corrected chi connectivity index (χ4v) is 4.17. The lowest BCUT2D eigenvalue weighted by Crippen LogP contribution is -2.20. The lowest BCUT2D eigenvalue weighted by molar-refractivity contribution is 0.584. The predicted molar refractivity (Wildman–Crippen MR) is 103 cm³/mol. The van der Waals surface area contributed by atoms with E-state index in [9.17, 15) is 0 Å². The SMILES string of the molecule is CCCSC1=NN2C(=NC(c3ccc(Br)cc3)=C/C2=C\C#N)S1. The van der Waals surface area contributed by atoms with Crippen LogP contribution in [-0.4, -0.2) is 20.3 Å². The minimum absolute atomic E-state index is 0.745. The molecule has 0 atom stereocenters. The first-order valence-corrected chi connectivity index (χ1v) is 9.66. The summed E-state index contributed by atoms with van der Waals surface area (Å²) in [5.41, 5.74) is 2.60. The Morgan fingerprint density at radius 3 is 2.87 bits per heavy atom. The van der Waals surface area contributed by atoms with Crippen molar-refractivity contribution in [3.63, 3.8) is 0 Å². The van der Waals surface area contributed by atoms with Gasteiger partial charge in [-0.1, -0.05) is 46.7 Å². The maximum atomic E-state index is 9.05. The second kappa shape index (κ2) is 7.39. The number of amidine groups is 1. The zero-order valence-corrected chi connectivity index (χ0v) is 15.6. The minimum Gasteiger partial charge on any atom is -0.222 e. The Morgan fingerprint density at radius 2 is 2.17 bits per heavy atom. The van der Waals surface area contributed by atoms with E-state index in [2.05, 4.69) is 34.0 Å². The number of allylic oxidation sites excluding steroid dienone is 2. The molecule has 0 N–H and O–H groups in total. The van der Waals surface area contributed by atoms with Gasteiger partial charge in [-0.25, -0.2) is 10.0 Å². The van der Waals surface area contributed by atoms with Crippen molar-refractivity contribution >= 4 is 54.7 Å². The van der Waals surface area contributed by atoms with E-state index in [0.717, 1.165) is 43.1 Å². The molecule has 2 heterocycles. The largest absolute Gasteiger partial charge is 0.222 e. The molecule has 0 radical (unpaired) electrons. The molecule has 0 aliphatic carbocycles. The van der Waals surface area contributed by atoms with Gasteiger partial charge >= 0.3 is 0 Å². The van der Waals surface area contributed by atoms with Crippen LogP contribution in [0.2, 0.25) is 0 Å². The summed E-state index contributed by atoms with van der Waals surface area (Å²) in [5, 5.41) is 16.2. The first-order valence-electron chi connectivity index (χ1n) is 7.06. The van der Waals surface area contributed by atoms with Crippen molar-refractivity contribution in [2.45, 2.75) is 13.3 Å². The molecule has 1 aromatic rings. The first-order chi connectivity index (χ1) is 11.2. The molecule has 0 spiro atoms. The van der Waals surface area contributed by atoms with Crippen LogP contribution in [0.25, 0.3) is 5.70 Å². The summed E-state index contributed by atoms with van der Waals surface area (Å²) in [6.07, 6.45) is 4.50. The third kappa shape index (κ3) is 3.71. The van der Waals surface area contributed by atoms with Crippen LogP contribution in [0.4, 0.5) is 0 Å². The summed E-state index contributed by atoms with van der Waals surface area (Å²) in [4.78, 5) is 4.71. The van der Waals surface area contributed by atoms with Gasteiger partial charge in [0.25, 0.3) is 0 Å². The summed E-state index contributed by atoms with van der Waals surface area (Å²) < 4.78 is 2.00. The Morgan fingerprint density at radius 1 is 1.39 bits per heavy atom. The second-order valence-corrected chi connectivity index (χ2v) is 7.97. The van der Waals surface area contributed by atoms with Crippen LogP contribution in [-0.2, 0) is 0 Å². The number of hydrazone groups is 1. The molecule has 0 saturated carbocycles. The average Bonchev–Trinajstić information content (AvgIpc) is 2.97. The molecule has 0 fully saturated rings. The molecular formula is C16H13BrN4S2. The Balaban J connectivity index is 1.93. The smallest absolute Gasteiger partial charge is 0.196 e. The van der Waals surface area contributed by atoms with Gasteiger partial charge in [-0.2, -0.15) is 10.4 Å². The lowest BCUT2D eigenvalue weighted by Gasteiger charge is -2.20. The standard InChI is InChI=1S/C16H13BrN4S2/c1-2-9-22-16-20-21-13(7-8-18)10-14(19-15(21)23-16)11-3-5-12(17)6-4-11/h3-7,10H,2,9H2,1H3/b13-7+. The van der Waals surface area contributed by atoms with E-state index in [4.69, 9.17) is 10.3 Å². The molecule has 0 amide bonds. The highest BCUT2D eigenvalue weighted by molar-refractivity contribution is 9.10. The van der Waals surface area contributed by atoms with E-state index in [1.54, 1.807) is 28.5 Å². The van der Waals surface area contributed by atoms with Crippen LogP contribution in [0, 0.1) is 11.3 Å². The number of thioether (sulfide) groups is 2. The summed E-state index contributed by atoms with van der Waals surface area (Å²) in [6, 6.07) is 10.1. The molecule has 2 aliphatic heterocycles. The van der Waals surface area contributed by atoms with Crippen LogP contribution in [0.15, 0.2) is 56.7 Å². The van der Waals surface area contributed by atoms with E-state index in [1.807, 2.05) is 30.3 Å². The maximum Gasteiger partial charge on any atom is 0.196 e. The van der Waals surface area contributed by atoms with Crippen molar-refractivity contribution in [1.29, 1.82) is 5.26 Å². The number of halogens is 1. The summed E-state index contributed by atoms with van der Waals surface area (Å²) in [5.74, 6) is 1.03. The van der Waals surface area contributed by atoms with Gasteiger partial charge in [-0.15, -0.1) is 0 Å². The van der Waals surface area contributed by atoms with E-state index in [0.29, 0.717) is 0 Å². The highest BCUT2D eigenvalue weighted by atomic mass is 79.9. The highest BCUT2D eigenvalue weighted by Crippen LogP contribution is 2.36. The molecule has 0 aromatic heterocycles. The molecule has 1 aromatic carbocycles. The molecule has 2 aliphatic rings. The number of hydrogen-bond donors (Lipinski definition) is 0. The van der Waals surface area contributed by atoms with Crippen LogP contribution >= 0.6 is 39.5 Å². The lowest BCUT2D eigenvalue weighted by atomic mass is 10.1. The van der Waals surface area contributed by atoms with Gasteiger partial charge in [0, 0.05) is 16.1 Å². The van der Waals surface area contributed by atoms with Gasteiger partial charge < -0.3 is 0 Å². The summed E-state index contributed by atoms with van der Waals surface area (Å²) in [7, 11) is 0. The zero-order chi connectivity index (χ0) is 16.2. The van der Waals surface area contributed by atoms with Crippen LogP contribution in [0.5, 0.6) is 0 Å². The van der Waals surface area contributed by atoms with Crippen LogP contribution < -0.4 is 0 Å². The molecule has 23 heavy (non-hydrogen) atoms. The number of nitriles is 1. The fraction of sp³-hybridized carbons (Fsp3) is 0.188. The Bertz CT molecular complexity index is 772. The zero-order valence-electron chi connectivity index (χ0n) is 12.4. The number of benzene rings is 1. The Hall–Kier alpha value is -1.49. The van der Waals surface area contributed by atoms with Crippen molar-refractivity contribution in [1.82, 2.24) is 5.01 Å². The third-order valence-electron chi connectivity index (χ3n) is 3.07. The number of nitrogens with zero attached hydrogens (tertiary/aromatic N) is 4. The Kier molecular flexibility index (Phi) is 5.26. The summed E-state index contributed by atoms with van der Waals surface area (Å²) >= 11 is 6.71. The monoisotopic (exact) mass is 404 g/mol. The van der Waals surface area contributed by atoms with E-state index < -0.39 is 0 Å². The highest BCUT2D eigenvalue weighted by Gasteiger charge is 2.29. The van der Waals surface area contributed by atoms with Gasteiger partial charge in [0.05, 0.1) is 17.5 Å². The topological polar surface area (TPSA) is 51.8 Å². The van der Waals surface area contributed by atoms with Gasteiger partial charge in [0.2, 0.25) is 0 Å². The molecule has 0 saturated heterocycles. The van der Waals surface area contributed by atoms with Crippen molar-refractivity contribution < 1.29 is 0 Å². The van der Waals surface area contributed by atoms with Crippen molar-refractivity contribution in [2.75, 3.05) is 5.75 Å². The van der Waals surface area contributed by atoms with E-state index in [-0.39, 0.29) is 0 Å². The molecule has 0 unspecified atom stereocenters. The van der Waals surface area contributed by atoms with E-state index >= 15 is 0 Å². The molecule has 3 rings (SSSR count). The first kappa shape index (κ1) is 16.4. The predicted octanol–water partition coefficient (Wildman–Crippen LogP) is 5.03. The fourth-order valence-electron chi connectivity index (χ4n) is 2.03. The molecule has 116 valence electrons. The molecule has 4 nitrogen and oxygen atoms in total. The van der Waals surface area contributed by atoms with Gasteiger partial charge in [0.1, 0.15) is 0 Å². The normalized spacial score (nSPS) is 18.2. The molecule has 7 heteroatoms. The quantitative estimate of drug-likeness (QED) is 0.662. The number of rotatable bonds is 3. The summed E-state index contributed by atoms with van der Waals surface area (Å²) in [6.45, 7) is 2.15. The van der Waals surface area contributed by atoms with Crippen molar-refractivity contribution in [3.05, 3.63) is 52.2 Å². The van der Waals surface area contributed by atoms with Gasteiger partial charge in [0.15, 0.2) is 9.54 Å². The second-order valence-electron chi connectivity index (χ2n) is 4.76. The van der Waals surface area contributed by atoms with Crippen LogP contribution in [0.3, 0.4) is 0 Å².